The maximum atomic E-state index is 5.94. The number of hydrogen-bond donors (Lipinski definition) is 3. The lowest BCUT2D eigenvalue weighted by Crippen LogP contribution is -2.33. The molecule has 5 N–H and O–H groups in total. The van der Waals surface area contributed by atoms with Crippen LogP contribution in [-0.2, 0) is 0 Å². The maximum absolute atomic E-state index is 5.94. The van der Waals surface area contributed by atoms with Gasteiger partial charge < -0.3 is 0 Å². The van der Waals surface area contributed by atoms with Crippen molar-refractivity contribution in [3.05, 3.63) is 0 Å². The Labute approximate surface area is 116 Å². The largest absolute Gasteiger partial charge is 0.270 e. The molecule has 0 heterocycles. The average Bonchev–Trinajstić information content (AvgIpc) is 2.36. The molecule has 0 spiro atoms. The van der Waals surface area contributed by atoms with Crippen LogP contribution < -0.4 is 16.8 Å². The highest BCUT2D eigenvalue weighted by atomic mass is 35.5. The first-order chi connectivity index (χ1) is 8.76. The molecule has 0 saturated heterocycles. The second kappa shape index (κ2) is 9.70. The zero-order valence-electron chi connectivity index (χ0n) is 11.3. The van der Waals surface area contributed by atoms with Crippen LogP contribution in [-0.4, -0.2) is 11.5 Å². The maximum Gasteiger partial charge on any atom is 0.112 e. The van der Waals surface area contributed by atoms with Crippen molar-refractivity contribution >= 4 is 11.6 Å². The number of nitrogens with zero attached hydrogens (tertiary/aromatic N) is 1. The minimum Gasteiger partial charge on any atom is -0.270 e. The third kappa shape index (κ3) is 6.66. The van der Waals surface area contributed by atoms with Gasteiger partial charge >= 0.3 is 0 Å². The third-order valence-corrected chi connectivity index (χ3v) is 4.32. The molecule has 18 heavy (non-hydrogen) atoms. The van der Waals surface area contributed by atoms with Gasteiger partial charge in [0.05, 0.1) is 5.50 Å². The highest BCUT2D eigenvalue weighted by Gasteiger charge is 2.19. The lowest BCUT2D eigenvalue weighted by Gasteiger charge is -2.21. The highest BCUT2D eigenvalue weighted by molar-refractivity contribution is 6.20. The van der Waals surface area contributed by atoms with Gasteiger partial charge in [-0.05, 0) is 30.3 Å². The van der Waals surface area contributed by atoms with Crippen LogP contribution in [0.5, 0.6) is 0 Å². The standard InChI is InChI=1S/C13H27ClN4/c14-13(18-16)9-8-12(17-15)10-11-6-4-2-1-3-5-7-11/h11-13,15,18H,1-10,16H2/p+1. The molecule has 2 atom stereocenters. The Hall–Kier alpha value is -0.190. The van der Waals surface area contributed by atoms with E-state index in [9.17, 15) is 0 Å². The zero-order chi connectivity index (χ0) is 13.2. The van der Waals surface area contributed by atoms with E-state index in [1.165, 1.54) is 44.9 Å². The van der Waals surface area contributed by atoms with E-state index in [1.807, 2.05) is 0 Å². The molecule has 2 unspecified atom stereocenters. The van der Waals surface area contributed by atoms with Gasteiger partial charge in [-0.15, -0.1) is 11.6 Å². The molecule has 0 bridgehead atoms. The SMILES string of the molecule is NNC(Cl)CCC(CC1CCCCCCC1)N=[NH2+]. The monoisotopic (exact) mass is 275 g/mol. The first kappa shape index (κ1) is 15.9. The van der Waals surface area contributed by atoms with Gasteiger partial charge in [-0.2, -0.15) is 5.53 Å². The minimum atomic E-state index is -0.174. The zero-order valence-corrected chi connectivity index (χ0v) is 12.0. The Morgan fingerprint density at radius 3 is 2.33 bits per heavy atom. The number of hydrogen-bond acceptors (Lipinski definition) is 3. The van der Waals surface area contributed by atoms with Crippen molar-refractivity contribution in [2.45, 2.75) is 75.8 Å². The summed E-state index contributed by atoms with van der Waals surface area (Å²) in [6.45, 7) is 0. The predicted octanol–water partition coefficient (Wildman–Crippen LogP) is 2.13. The van der Waals surface area contributed by atoms with Crippen LogP contribution in [0.15, 0.2) is 5.11 Å². The Morgan fingerprint density at radius 1 is 1.17 bits per heavy atom. The summed E-state index contributed by atoms with van der Waals surface area (Å²) >= 11 is 5.94. The second-order valence-corrected chi connectivity index (χ2v) is 5.99. The van der Waals surface area contributed by atoms with Crippen LogP contribution in [0.1, 0.15) is 64.2 Å². The Bertz CT molecular complexity index is 217. The Kier molecular flexibility index (Phi) is 8.55. The number of alkyl halides is 1. The Morgan fingerprint density at radius 2 is 1.78 bits per heavy atom. The van der Waals surface area contributed by atoms with Crippen LogP contribution in [0, 0.1) is 5.92 Å². The molecule has 1 rings (SSSR count). The van der Waals surface area contributed by atoms with Crippen molar-refractivity contribution in [1.29, 1.82) is 0 Å². The van der Waals surface area contributed by atoms with Crippen molar-refractivity contribution in [2.75, 3.05) is 0 Å². The molecule has 0 aromatic rings. The van der Waals surface area contributed by atoms with Crippen LogP contribution in [0.2, 0.25) is 0 Å². The quantitative estimate of drug-likeness (QED) is 0.219. The molecular weight excluding hydrogens is 248 g/mol. The number of halogens is 1. The summed E-state index contributed by atoms with van der Waals surface area (Å²) in [6, 6.07) is 0.240. The molecule has 0 aliphatic heterocycles. The van der Waals surface area contributed by atoms with Crippen molar-refractivity contribution < 1.29 is 5.53 Å². The fourth-order valence-corrected chi connectivity index (χ4v) is 2.96. The van der Waals surface area contributed by atoms with E-state index >= 15 is 0 Å². The summed E-state index contributed by atoms with van der Waals surface area (Å²) in [7, 11) is 0. The molecule has 0 aromatic carbocycles. The van der Waals surface area contributed by atoms with E-state index < -0.39 is 0 Å². The van der Waals surface area contributed by atoms with Crippen LogP contribution >= 0.6 is 11.6 Å². The van der Waals surface area contributed by atoms with Gasteiger partial charge in [-0.25, -0.2) is 5.43 Å². The van der Waals surface area contributed by atoms with E-state index in [2.05, 4.69) is 10.5 Å². The van der Waals surface area contributed by atoms with E-state index in [0.717, 1.165) is 25.2 Å². The van der Waals surface area contributed by atoms with Gasteiger partial charge in [0, 0.05) is 0 Å². The van der Waals surface area contributed by atoms with Crippen LogP contribution in [0.25, 0.3) is 0 Å². The van der Waals surface area contributed by atoms with E-state index in [4.69, 9.17) is 23.0 Å². The summed E-state index contributed by atoms with van der Waals surface area (Å²) in [4.78, 5) is 0. The lowest BCUT2D eigenvalue weighted by atomic mass is 9.86. The van der Waals surface area contributed by atoms with Gasteiger partial charge in [0.15, 0.2) is 0 Å². The van der Waals surface area contributed by atoms with Gasteiger partial charge in [0.25, 0.3) is 0 Å². The number of hydrazine groups is 1. The fraction of sp³-hybridized carbons (Fsp3) is 1.00. The van der Waals surface area contributed by atoms with Gasteiger partial charge in [0.1, 0.15) is 6.04 Å². The number of rotatable bonds is 7. The predicted molar refractivity (Wildman–Crippen MR) is 74.8 cm³/mol. The van der Waals surface area contributed by atoms with Crippen molar-refractivity contribution in [3.8, 4) is 0 Å². The highest BCUT2D eigenvalue weighted by Crippen LogP contribution is 2.27. The molecule has 0 aromatic heterocycles. The van der Waals surface area contributed by atoms with Crippen molar-refractivity contribution in [1.82, 2.24) is 5.43 Å². The molecule has 0 amide bonds. The normalized spacial score (nSPS) is 21.9. The average molecular weight is 276 g/mol. The number of nitrogens with one attached hydrogen (secondary N) is 1. The fourth-order valence-electron chi connectivity index (χ4n) is 2.84. The first-order valence-electron chi connectivity index (χ1n) is 7.26. The molecule has 1 fully saturated rings. The molecule has 5 heteroatoms. The second-order valence-electron chi connectivity index (χ2n) is 5.46. The minimum absolute atomic E-state index is 0.174. The van der Waals surface area contributed by atoms with Gasteiger partial charge in [-0.1, -0.05) is 44.9 Å². The topological polar surface area (TPSA) is 76.0 Å². The molecule has 1 saturated carbocycles. The van der Waals surface area contributed by atoms with E-state index in [1.54, 1.807) is 0 Å². The Balaban J connectivity index is 2.28. The summed E-state index contributed by atoms with van der Waals surface area (Å²) in [5, 5.41) is 4.02. The molecular formula is C13H28ClN4+. The van der Waals surface area contributed by atoms with Crippen molar-refractivity contribution in [3.63, 3.8) is 0 Å². The molecule has 106 valence electrons. The molecule has 1 aliphatic carbocycles. The summed E-state index contributed by atoms with van der Waals surface area (Å²) < 4.78 is 0. The van der Waals surface area contributed by atoms with Crippen LogP contribution in [0.3, 0.4) is 0 Å². The lowest BCUT2D eigenvalue weighted by molar-refractivity contribution is -0.230. The molecule has 1 aliphatic rings. The summed E-state index contributed by atoms with van der Waals surface area (Å²) in [5.74, 6) is 6.07. The molecule has 4 nitrogen and oxygen atoms in total. The number of nitrogens with two attached hydrogens (primary N) is 2. The summed E-state index contributed by atoms with van der Waals surface area (Å²) in [5.41, 5.74) is 7.89. The third-order valence-electron chi connectivity index (χ3n) is 3.98. The van der Waals surface area contributed by atoms with Crippen LogP contribution in [0.4, 0.5) is 0 Å². The smallest absolute Gasteiger partial charge is 0.112 e. The van der Waals surface area contributed by atoms with Gasteiger partial charge in [-0.3, -0.25) is 5.84 Å². The van der Waals surface area contributed by atoms with Gasteiger partial charge in [0.2, 0.25) is 0 Å². The van der Waals surface area contributed by atoms with Crippen molar-refractivity contribution in [2.24, 2.45) is 16.9 Å². The van der Waals surface area contributed by atoms with E-state index in [0.29, 0.717) is 0 Å². The van der Waals surface area contributed by atoms with E-state index in [-0.39, 0.29) is 11.5 Å². The molecule has 0 radical (unpaired) electrons. The summed E-state index contributed by atoms with van der Waals surface area (Å²) in [6.07, 6.45) is 12.5. The first-order valence-corrected chi connectivity index (χ1v) is 7.70.